The summed E-state index contributed by atoms with van der Waals surface area (Å²) in [4.78, 5) is 22.2. The lowest BCUT2D eigenvalue weighted by Gasteiger charge is -2.17. The molecular formula is C13H20ClN3O4. The lowest BCUT2D eigenvalue weighted by Crippen LogP contribution is -2.44. The summed E-state index contributed by atoms with van der Waals surface area (Å²) in [6.45, 7) is 3.53. The number of rotatable bonds is 6. The molecule has 0 aliphatic rings. The predicted molar refractivity (Wildman–Crippen MR) is 81.5 cm³/mol. The van der Waals surface area contributed by atoms with Crippen LogP contribution in [0.4, 0.5) is 5.69 Å². The number of nitro groups is 1. The van der Waals surface area contributed by atoms with Crippen molar-refractivity contribution in [1.29, 1.82) is 0 Å². The molecule has 7 nitrogen and oxygen atoms in total. The molecule has 1 aromatic rings. The molecule has 8 heteroatoms. The molecule has 0 aliphatic heterocycles. The highest BCUT2D eigenvalue weighted by molar-refractivity contribution is 5.85. The standard InChI is InChI=1S/C13H19N3O4.ClH/c1-8-4-5-10(6-12(8)16(18)19)9(2)15-13(17)11(14)7-20-3;/h4-6,9,11H,7,14H2,1-3H3,(H,15,17);1H. The Morgan fingerprint density at radius 3 is 2.67 bits per heavy atom. The molecule has 1 rings (SSSR count). The molecule has 21 heavy (non-hydrogen) atoms. The van der Waals surface area contributed by atoms with Crippen LogP contribution in [0.25, 0.3) is 0 Å². The van der Waals surface area contributed by atoms with Gasteiger partial charge in [0.25, 0.3) is 5.69 Å². The molecule has 2 atom stereocenters. The van der Waals surface area contributed by atoms with Crippen LogP contribution in [0.2, 0.25) is 0 Å². The Morgan fingerprint density at radius 1 is 1.52 bits per heavy atom. The Balaban J connectivity index is 0.00000400. The first kappa shape index (κ1) is 19.3. The molecule has 2 unspecified atom stereocenters. The van der Waals surface area contributed by atoms with E-state index in [0.717, 1.165) is 0 Å². The summed E-state index contributed by atoms with van der Waals surface area (Å²) in [5, 5.41) is 13.6. The highest BCUT2D eigenvalue weighted by Crippen LogP contribution is 2.23. The SMILES string of the molecule is COCC(N)C(=O)NC(C)c1ccc(C)c([N+](=O)[O-])c1.Cl. The number of nitrogens with zero attached hydrogens (tertiary/aromatic N) is 1. The molecule has 0 aromatic heterocycles. The number of benzene rings is 1. The summed E-state index contributed by atoms with van der Waals surface area (Å²) >= 11 is 0. The van der Waals surface area contributed by atoms with E-state index in [2.05, 4.69) is 5.32 Å². The van der Waals surface area contributed by atoms with Gasteiger partial charge in [0.05, 0.1) is 17.6 Å². The van der Waals surface area contributed by atoms with Gasteiger partial charge in [0.2, 0.25) is 5.91 Å². The molecule has 0 heterocycles. The molecule has 1 aromatic carbocycles. The maximum atomic E-state index is 11.8. The van der Waals surface area contributed by atoms with Crippen LogP contribution in [0.5, 0.6) is 0 Å². The molecule has 0 radical (unpaired) electrons. The van der Waals surface area contributed by atoms with Gasteiger partial charge in [-0.2, -0.15) is 0 Å². The summed E-state index contributed by atoms with van der Waals surface area (Å²) in [5.74, 6) is -0.359. The van der Waals surface area contributed by atoms with Gasteiger partial charge in [-0.05, 0) is 19.4 Å². The van der Waals surface area contributed by atoms with E-state index in [1.54, 1.807) is 26.0 Å². The zero-order valence-electron chi connectivity index (χ0n) is 12.2. The van der Waals surface area contributed by atoms with Crippen molar-refractivity contribution in [1.82, 2.24) is 5.32 Å². The number of aryl methyl sites for hydroxylation is 1. The van der Waals surface area contributed by atoms with Gasteiger partial charge >= 0.3 is 0 Å². The number of nitrogens with two attached hydrogens (primary N) is 1. The maximum Gasteiger partial charge on any atom is 0.272 e. The van der Waals surface area contributed by atoms with Crippen LogP contribution >= 0.6 is 12.4 Å². The molecule has 0 bridgehead atoms. The van der Waals surface area contributed by atoms with Gasteiger partial charge in [0.15, 0.2) is 0 Å². The van der Waals surface area contributed by atoms with Crippen LogP contribution < -0.4 is 11.1 Å². The van der Waals surface area contributed by atoms with Crippen LogP contribution in [-0.2, 0) is 9.53 Å². The number of amides is 1. The van der Waals surface area contributed by atoms with Gasteiger partial charge in [0.1, 0.15) is 6.04 Å². The predicted octanol–water partition coefficient (Wildman–Crippen LogP) is 1.48. The number of halogens is 1. The third kappa shape index (κ3) is 5.30. The number of nitro benzene ring substituents is 1. The highest BCUT2D eigenvalue weighted by Gasteiger charge is 2.18. The Hall–Kier alpha value is -1.70. The van der Waals surface area contributed by atoms with Gasteiger partial charge in [-0.1, -0.05) is 12.1 Å². The van der Waals surface area contributed by atoms with Gasteiger partial charge in [-0.25, -0.2) is 0 Å². The average Bonchev–Trinajstić information content (AvgIpc) is 2.38. The van der Waals surface area contributed by atoms with Crippen molar-refractivity contribution < 1.29 is 14.5 Å². The second kappa shape index (κ2) is 8.56. The van der Waals surface area contributed by atoms with Crippen LogP contribution in [0.3, 0.4) is 0 Å². The molecule has 118 valence electrons. The number of carbonyl (C=O) groups excluding carboxylic acids is 1. The third-order valence-corrected chi connectivity index (χ3v) is 2.97. The first-order valence-corrected chi connectivity index (χ1v) is 6.16. The van der Waals surface area contributed by atoms with Crippen LogP contribution in [0.15, 0.2) is 18.2 Å². The molecule has 0 spiro atoms. The fourth-order valence-electron chi connectivity index (χ4n) is 1.75. The van der Waals surface area contributed by atoms with Crippen LogP contribution in [0, 0.1) is 17.0 Å². The average molecular weight is 318 g/mol. The van der Waals surface area contributed by atoms with Crippen LogP contribution in [-0.4, -0.2) is 30.6 Å². The van der Waals surface area contributed by atoms with Crippen LogP contribution in [0.1, 0.15) is 24.1 Å². The molecule has 0 aliphatic carbocycles. The summed E-state index contributed by atoms with van der Waals surface area (Å²) in [6, 6.07) is 3.73. The molecule has 1 amide bonds. The number of hydrogen-bond donors (Lipinski definition) is 2. The molecule has 0 fully saturated rings. The maximum absolute atomic E-state index is 11.8. The molecule has 3 N–H and O–H groups in total. The summed E-state index contributed by atoms with van der Waals surface area (Å²) < 4.78 is 4.80. The van der Waals surface area contributed by atoms with E-state index in [4.69, 9.17) is 10.5 Å². The Bertz CT molecular complexity index is 510. The van der Waals surface area contributed by atoms with E-state index >= 15 is 0 Å². The van der Waals surface area contributed by atoms with Crippen molar-refractivity contribution in [3.05, 3.63) is 39.4 Å². The van der Waals surface area contributed by atoms with E-state index in [0.29, 0.717) is 11.1 Å². The van der Waals surface area contributed by atoms with Crippen molar-refractivity contribution in [2.24, 2.45) is 5.73 Å². The van der Waals surface area contributed by atoms with Gasteiger partial charge in [0, 0.05) is 18.7 Å². The zero-order valence-corrected chi connectivity index (χ0v) is 13.0. The van der Waals surface area contributed by atoms with E-state index in [-0.39, 0.29) is 36.7 Å². The molecule has 0 saturated heterocycles. The van der Waals surface area contributed by atoms with Gasteiger partial charge in [-0.3, -0.25) is 14.9 Å². The van der Waals surface area contributed by atoms with Gasteiger partial charge in [-0.15, -0.1) is 12.4 Å². The fraction of sp³-hybridized carbons (Fsp3) is 0.462. The Labute approximate surface area is 129 Å². The van der Waals surface area contributed by atoms with E-state index in [1.807, 2.05) is 0 Å². The largest absolute Gasteiger partial charge is 0.383 e. The number of nitrogens with one attached hydrogen (secondary N) is 1. The summed E-state index contributed by atoms with van der Waals surface area (Å²) in [5.41, 5.74) is 6.87. The zero-order chi connectivity index (χ0) is 15.3. The minimum Gasteiger partial charge on any atom is -0.383 e. The van der Waals surface area contributed by atoms with Gasteiger partial charge < -0.3 is 15.8 Å². The first-order valence-electron chi connectivity index (χ1n) is 6.16. The minimum atomic E-state index is -0.761. The Morgan fingerprint density at radius 2 is 2.14 bits per heavy atom. The highest BCUT2D eigenvalue weighted by atomic mass is 35.5. The quantitative estimate of drug-likeness (QED) is 0.610. The number of carbonyl (C=O) groups is 1. The monoisotopic (exact) mass is 317 g/mol. The smallest absolute Gasteiger partial charge is 0.272 e. The number of methoxy groups -OCH3 is 1. The van der Waals surface area contributed by atoms with E-state index in [9.17, 15) is 14.9 Å². The lowest BCUT2D eigenvalue weighted by atomic mass is 10.0. The lowest BCUT2D eigenvalue weighted by molar-refractivity contribution is -0.385. The molecule has 0 saturated carbocycles. The number of ether oxygens (including phenoxy) is 1. The van der Waals surface area contributed by atoms with Crippen molar-refractivity contribution >= 4 is 24.0 Å². The number of hydrogen-bond acceptors (Lipinski definition) is 5. The molecular weight excluding hydrogens is 298 g/mol. The van der Waals surface area contributed by atoms with E-state index < -0.39 is 11.0 Å². The second-order valence-corrected chi connectivity index (χ2v) is 4.60. The Kier molecular flexibility index (Phi) is 7.86. The van der Waals surface area contributed by atoms with Crippen molar-refractivity contribution in [3.8, 4) is 0 Å². The second-order valence-electron chi connectivity index (χ2n) is 4.60. The van der Waals surface area contributed by atoms with E-state index in [1.165, 1.54) is 13.2 Å². The summed E-state index contributed by atoms with van der Waals surface area (Å²) in [7, 11) is 1.46. The topological polar surface area (TPSA) is 107 Å². The normalized spacial score (nSPS) is 13.0. The van der Waals surface area contributed by atoms with Crippen molar-refractivity contribution in [3.63, 3.8) is 0 Å². The first-order chi connectivity index (χ1) is 9.36. The van der Waals surface area contributed by atoms with Crippen molar-refractivity contribution in [2.75, 3.05) is 13.7 Å². The minimum absolute atomic E-state index is 0. The summed E-state index contributed by atoms with van der Waals surface area (Å²) in [6.07, 6.45) is 0. The fourth-order valence-corrected chi connectivity index (χ4v) is 1.75. The third-order valence-electron chi connectivity index (χ3n) is 2.97. The van der Waals surface area contributed by atoms with Crippen molar-refractivity contribution in [2.45, 2.75) is 25.9 Å².